The van der Waals surface area contributed by atoms with Crippen LogP contribution in [0.15, 0.2) is 71.1 Å². The summed E-state index contributed by atoms with van der Waals surface area (Å²) in [6, 6.07) is 18.4. The van der Waals surface area contributed by atoms with Gasteiger partial charge in [-0.1, -0.05) is 30.3 Å². The minimum atomic E-state index is -3.61. The first kappa shape index (κ1) is 22.7. The number of carbonyl (C=O) groups is 1. The molecule has 4 rings (SSSR count). The van der Waals surface area contributed by atoms with Crippen molar-refractivity contribution in [2.75, 3.05) is 30.7 Å². The smallest absolute Gasteiger partial charge is 0.232 e. The van der Waals surface area contributed by atoms with Gasteiger partial charge in [-0.05, 0) is 42.9 Å². The first-order chi connectivity index (χ1) is 15.8. The number of hydrogen-bond donors (Lipinski definition) is 1. The van der Waals surface area contributed by atoms with Gasteiger partial charge in [0.15, 0.2) is 6.29 Å². The van der Waals surface area contributed by atoms with E-state index in [9.17, 15) is 17.6 Å². The number of furan rings is 1. The molecule has 0 unspecified atom stereocenters. The van der Waals surface area contributed by atoms with Gasteiger partial charge >= 0.3 is 0 Å². The maximum absolute atomic E-state index is 13.4. The first-order valence-electron chi connectivity index (χ1n) is 10.3. The molecule has 0 fully saturated rings. The molecular weight excluding hydrogens is 443 g/mol. The predicted molar refractivity (Wildman–Crippen MR) is 129 cm³/mol. The number of carbonyl (C=O) groups excluding carboxylic acids is 1. The lowest BCUT2D eigenvalue weighted by Gasteiger charge is -2.25. The summed E-state index contributed by atoms with van der Waals surface area (Å²) in [6.45, 7) is 0.657. The lowest BCUT2D eigenvalue weighted by molar-refractivity contribution is 0.112. The van der Waals surface area contributed by atoms with Gasteiger partial charge in [-0.25, -0.2) is 12.8 Å². The standard InChI is InChI=1S/C25H23FN2O4S/c1-27-12-13-28(33(2,30)31)23-15-24-21(14-20(23)17-6-4-3-5-7-17)22(16-29)25(32-24)18-8-10-19(26)11-9-18/h3-11,14-16,27H,12-13H2,1-2H3. The highest BCUT2D eigenvalue weighted by atomic mass is 32.2. The number of fused-ring (bicyclic) bond motifs is 1. The molecule has 170 valence electrons. The second kappa shape index (κ2) is 9.17. The summed E-state index contributed by atoms with van der Waals surface area (Å²) in [4.78, 5) is 12.1. The third kappa shape index (κ3) is 4.53. The van der Waals surface area contributed by atoms with E-state index < -0.39 is 15.8 Å². The monoisotopic (exact) mass is 466 g/mol. The van der Waals surface area contributed by atoms with Crippen molar-refractivity contribution in [1.29, 1.82) is 0 Å². The number of likely N-dealkylation sites (N-methyl/N-ethyl adjacent to an activating group) is 1. The summed E-state index contributed by atoms with van der Waals surface area (Å²) in [5.74, 6) is -0.0956. The summed E-state index contributed by atoms with van der Waals surface area (Å²) in [7, 11) is -1.87. The molecule has 33 heavy (non-hydrogen) atoms. The highest BCUT2D eigenvalue weighted by Gasteiger charge is 2.24. The molecule has 1 heterocycles. The van der Waals surface area contributed by atoms with Gasteiger partial charge in [0.1, 0.15) is 17.2 Å². The van der Waals surface area contributed by atoms with Gasteiger partial charge in [-0.15, -0.1) is 0 Å². The van der Waals surface area contributed by atoms with Crippen LogP contribution >= 0.6 is 0 Å². The largest absolute Gasteiger partial charge is 0.455 e. The Bertz CT molecular complexity index is 1400. The predicted octanol–water partition coefficient (Wildman–Crippen LogP) is 4.70. The van der Waals surface area contributed by atoms with E-state index in [1.807, 2.05) is 30.3 Å². The van der Waals surface area contributed by atoms with Crippen LogP contribution in [0, 0.1) is 5.82 Å². The number of rotatable bonds is 8. The van der Waals surface area contributed by atoms with Crippen LogP contribution in [0.1, 0.15) is 10.4 Å². The minimum Gasteiger partial charge on any atom is -0.455 e. The van der Waals surface area contributed by atoms with Crippen molar-refractivity contribution in [1.82, 2.24) is 5.32 Å². The van der Waals surface area contributed by atoms with Crippen LogP contribution in [-0.4, -0.2) is 41.1 Å². The normalized spacial score (nSPS) is 11.6. The van der Waals surface area contributed by atoms with E-state index in [1.54, 1.807) is 19.2 Å². The fraction of sp³-hybridized carbons (Fsp3) is 0.160. The molecular formula is C25H23FN2O4S. The Morgan fingerprint density at radius 1 is 1.03 bits per heavy atom. The molecule has 3 aromatic carbocycles. The second-order valence-corrected chi connectivity index (χ2v) is 9.55. The van der Waals surface area contributed by atoms with Crippen LogP contribution in [0.3, 0.4) is 0 Å². The van der Waals surface area contributed by atoms with Crippen LogP contribution in [0.25, 0.3) is 33.4 Å². The summed E-state index contributed by atoms with van der Waals surface area (Å²) >= 11 is 0. The Kier molecular flexibility index (Phi) is 6.31. The number of nitrogens with one attached hydrogen (secondary N) is 1. The Morgan fingerprint density at radius 2 is 1.73 bits per heavy atom. The zero-order chi connectivity index (χ0) is 23.6. The van der Waals surface area contributed by atoms with Crippen molar-refractivity contribution in [3.05, 3.63) is 78.1 Å². The molecule has 0 radical (unpaired) electrons. The summed E-state index contributed by atoms with van der Waals surface area (Å²) in [5.41, 5.74) is 3.13. The molecule has 0 atom stereocenters. The van der Waals surface area contributed by atoms with Gasteiger partial charge in [-0.2, -0.15) is 0 Å². The van der Waals surface area contributed by atoms with E-state index in [4.69, 9.17) is 4.42 Å². The summed E-state index contributed by atoms with van der Waals surface area (Å²) < 4.78 is 46.2. The van der Waals surface area contributed by atoms with E-state index in [0.29, 0.717) is 51.9 Å². The fourth-order valence-corrected chi connectivity index (χ4v) is 4.75. The Balaban J connectivity index is 2.02. The number of nitrogens with zero attached hydrogens (tertiary/aromatic N) is 1. The van der Waals surface area contributed by atoms with Gasteiger partial charge < -0.3 is 9.73 Å². The number of hydrogen-bond acceptors (Lipinski definition) is 5. The van der Waals surface area contributed by atoms with E-state index in [1.165, 1.54) is 28.6 Å². The maximum Gasteiger partial charge on any atom is 0.232 e. The van der Waals surface area contributed by atoms with E-state index in [0.717, 1.165) is 11.8 Å². The third-order valence-corrected chi connectivity index (χ3v) is 6.57. The van der Waals surface area contributed by atoms with Crippen molar-refractivity contribution in [2.45, 2.75) is 0 Å². The van der Waals surface area contributed by atoms with Crippen molar-refractivity contribution in [3.8, 4) is 22.5 Å². The molecule has 0 bridgehead atoms. The second-order valence-electron chi connectivity index (χ2n) is 7.64. The quantitative estimate of drug-likeness (QED) is 0.381. The average molecular weight is 467 g/mol. The Morgan fingerprint density at radius 3 is 2.33 bits per heavy atom. The highest BCUT2D eigenvalue weighted by Crippen LogP contribution is 2.40. The molecule has 0 amide bonds. The molecule has 0 spiro atoms. The van der Waals surface area contributed by atoms with Crippen molar-refractivity contribution in [3.63, 3.8) is 0 Å². The Labute approximate surface area is 191 Å². The summed E-state index contributed by atoms with van der Waals surface area (Å²) in [5, 5.41) is 3.53. The molecule has 0 aliphatic carbocycles. The van der Waals surface area contributed by atoms with Crippen molar-refractivity contribution < 1.29 is 22.0 Å². The third-order valence-electron chi connectivity index (χ3n) is 5.39. The lowest BCUT2D eigenvalue weighted by Crippen LogP contribution is -2.35. The molecule has 0 saturated heterocycles. The molecule has 4 aromatic rings. The van der Waals surface area contributed by atoms with E-state index in [-0.39, 0.29) is 6.54 Å². The van der Waals surface area contributed by atoms with Crippen LogP contribution in [0.2, 0.25) is 0 Å². The zero-order valence-corrected chi connectivity index (χ0v) is 19.0. The van der Waals surface area contributed by atoms with Gasteiger partial charge in [-0.3, -0.25) is 9.10 Å². The molecule has 6 nitrogen and oxygen atoms in total. The SMILES string of the molecule is CNCCN(c1cc2oc(-c3ccc(F)cc3)c(C=O)c2cc1-c1ccccc1)S(C)(=O)=O. The lowest BCUT2D eigenvalue weighted by atomic mass is 9.99. The number of benzene rings is 3. The minimum absolute atomic E-state index is 0.215. The van der Waals surface area contributed by atoms with Crippen molar-refractivity contribution in [2.24, 2.45) is 0 Å². The van der Waals surface area contributed by atoms with Crippen LogP contribution < -0.4 is 9.62 Å². The average Bonchev–Trinajstić information content (AvgIpc) is 3.16. The van der Waals surface area contributed by atoms with Crippen LogP contribution in [-0.2, 0) is 10.0 Å². The highest BCUT2D eigenvalue weighted by molar-refractivity contribution is 7.92. The number of anilines is 1. The van der Waals surface area contributed by atoms with E-state index in [2.05, 4.69) is 5.32 Å². The zero-order valence-electron chi connectivity index (χ0n) is 18.2. The van der Waals surface area contributed by atoms with Crippen molar-refractivity contribution >= 4 is 33.0 Å². The number of sulfonamides is 1. The van der Waals surface area contributed by atoms with E-state index >= 15 is 0 Å². The van der Waals surface area contributed by atoms with Gasteiger partial charge in [0.05, 0.1) is 17.5 Å². The molecule has 0 saturated carbocycles. The molecule has 0 aliphatic heterocycles. The van der Waals surface area contributed by atoms with Gasteiger partial charge in [0, 0.05) is 35.7 Å². The summed E-state index contributed by atoms with van der Waals surface area (Å²) in [6.07, 6.45) is 1.86. The molecule has 0 aliphatic rings. The number of aldehydes is 1. The molecule has 1 aromatic heterocycles. The van der Waals surface area contributed by atoms with Gasteiger partial charge in [0.25, 0.3) is 0 Å². The van der Waals surface area contributed by atoms with Crippen LogP contribution in [0.4, 0.5) is 10.1 Å². The fourth-order valence-electron chi connectivity index (χ4n) is 3.82. The Hall–Kier alpha value is -3.49. The molecule has 1 N–H and O–H groups in total. The first-order valence-corrected chi connectivity index (χ1v) is 12.2. The number of halogens is 1. The molecule has 8 heteroatoms. The van der Waals surface area contributed by atoms with Crippen LogP contribution in [0.5, 0.6) is 0 Å². The maximum atomic E-state index is 13.4. The topological polar surface area (TPSA) is 79.6 Å². The van der Waals surface area contributed by atoms with Gasteiger partial charge in [0.2, 0.25) is 10.0 Å².